The molecule has 1 amide bonds. The number of amides is 1. The van der Waals surface area contributed by atoms with Gasteiger partial charge in [0.05, 0.1) is 12.2 Å². The lowest BCUT2D eigenvalue weighted by molar-refractivity contribution is -0.127. The molecule has 0 aliphatic carbocycles. The maximum atomic E-state index is 13.2. The van der Waals surface area contributed by atoms with Gasteiger partial charge in [-0.25, -0.2) is 4.99 Å². The van der Waals surface area contributed by atoms with Gasteiger partial charge in [0.1, 0.15) is 11.7 Å². The molecule has 2 heterocycles. The van der Waals surface area contributed by atoms with Crippen LogP contribution >= 0.6 is 0 Å². The molecule has 6 heteroatoms. The highest BCUT2D eigenvalue weighted by Crippen LogP contribution is 2.30. The number of carbonyl (C=O) groups is 1. The standard InChI is InChI=1S/C26H31N5O/c1-4-10-31(11-5-2)26(32)20-13-18-7-8-19(14-23(18)29-24(27)15-20)25-28-16-21-12-17(3)6-9-22(21)30-25/h6-9,12-14H,4-5,10-11,15-16H2,1-3H3,(H2,27,29)(H,28,30). The highest BCUT2D eigenvalue weighted by Gasteiger charge is 2.21. The van der Waals surface area contributed by atoms with E-state index in [1.807, 2.05) is 29.2 Å². The highest BCUT2D eigenvalue weighted by molar-refractivity contribution is 6.11. The number of nitrogens with two attached hydrogens (primary N) is 1. The molecule has 0 saturated carbocycles. The Labute approximate surface area is 189 Å². The second-order valence-corrected chi connectivity index (χ2v) is 8.47. The summed E-state index contributed by atoms with van der Waals surface area (Å²) in [5, 5.41) is 3.44. The Kier molecular flexibility index (Phi) is 6.40. The largest absolute Gasteiger partial charge is 0.387 e. The van der Waals surface area contributed by atoms with E-state index < -0.39 is 0 Å². The van der Waals surface area contributed by atoms with E-state index in [4.69, 9.17) is 10.7 Å². The fraction of sp³-hybridized carbons (Fsp3) is 0.346. The van der Waals surface area contributed by atoms with Crippen molar-refractivity contribution in [3.05, 3.63) is 64.2 Å². The van der Waals surface area contributed by atoms with Gasteiger partial charge < -0.3 is 16.0 Å². The predicted octanol–water partition coefficient (Wildman–Crippen LogP) is 4.79. The van der Waals surface area contributed by atoms with Crippen molar-refractivity contribution in [3.8, 4) is 0 Å². The van der Waals surface area contributed by atoms with Crippen LogP contribution in [0.15, 0.2) is 52.0 Å². The Bertz CT molecular complexity index is 1120. The van der Waals surface area contributed by atoms with Gasteiger partial charge in [0.15, 0.2) is 0 Å². The van der Waals surface area contributed by atoms with Crippen LogP contribution in [0.3, 0.4) is 0 Å². The van der Waals surface area contributed by atoms with Crippen molar-refractivity contribution in [2.24, 2.45) is 15.7 Å². The first-order valence-corrected chi connectivity index (χ1v) is 11.4. The number of aryl methyl sites for hydroxylation is 1. The summed E-state index contributed by atoms with van der Waals surface area (Å²) in [5.74, 6) is 1.32. The van der Waals surface area contributed by atoms with Crippen molar-refractivity contribution < 1.29 is 4.79 Å². The number of carbonyl (C=O) groups excluding carboxylic acids is 1. The second-order valence-electron chi connectivity index (χ2n) is 8.47. The first-order chi connectivity index (χ1) is 15.5. The van der Waals surface area contributed by atoms with Crippen LogP contribution in [0.5, 0.6) is 0 Å². The van der Waals surface area contributed by atoms with Crippen molar-refractivity contribution >= 4 is 35.0 Å². The third kappa shape index (κ3) is 4.59. The molecule has 0 radical (unpaired) electrons. The smallest absolute Gasteiger partial charge is 0.250 e. The van der Waals surface area contributed by atoms with Gasteiger partial charge in [0, 0.05) is 41.9 Å². The number of nitrogens with one attached hydrogen (secondary N) is 1. The minimum absolute atomic E-state index is 0.0500. The number of amidine groups is 2. The quantitative estimate of drug-likeness (QED) is 0.692. The van der Waals surface area contributed by atoms with Crippen molar-refractivity contribution in [2.45, 2.75) is 46.6 Å². The summed E-state index contributed by atoms with van der Waals surface area (Å²) in [4.78, 5) is 24.4. The Morgan fingerprint density at radius 1 is 1.12 bits per heavy atom. The number of hydrogen-bond donors (Lipinski definition) is 2. The average Bonchev–Trinajstić information content (AvgIpc) is 2.95. The van der Waals surface area contributed by atoms with E-state index in [0.29, 0.717) is 24.4 Å². The zero-order valence-corrected chi connectivity index (χ0v) is 19.1. The van der Waals surface area contributed by atoms with Crippen molar-refractivity contribution in [1.29, 1.82) is 0 Å². The van der Waals surface area contributed by atoms with Crippen molar-refractivity contribution in [3.63, 3.8) is 0 Å². The maximum absolute atomic E-state index is 13.2. The average molecular weight is 430 g/mol. The first-order valence-electron chi connectivity index (χ1n) is 11.4. The second kappa shape index (κ2) is 9.39. The van der Waals surface area contributed by atoms with E-state index >= 15 is 0 Å². The van der Waals surface area contributed by atoms with E-state index in [-0.39, 0.29) is 5.91 Å². The molecule has 4 rings (SSSR count). The zero-order chi connectivity index (χ0) is 22.7. The van der Waals surface area contributed by atoms with Crippen LogP contribution in [-0.4, -0.2) is 35.6 Å². The SMILES string of the molecule is CCCN(CCC)C(=O)C1=Cc2ccc(C3=NCc4cc(C)ccc4N3)cc2N=C(N)C1. The van der Waals surface area contributed by atoms with Crippen LogP contribution in [0.2, 0.25) is 0 Å². The fourth-order valence-electron chi connectivity index (χ4n) is 4.20. The lowest BCUT2D eigenvalue weighted by atomic mass is 10.0. The van der Waals surface area contributed by atoms with Gasteiger partial charge in [0.25, 0.3) is 0 Å². The summed E-state index contributed by atoms with van der Waals surface area (Å²) in [7, 11) is 0. The van der Waals surface area contributed by atoms with Crippen LogP contribution in [0.1, 0.15) is 55.4 Å². The molecule has 2 aromatic rings. The summed E-state index contributed by atoms with van der Waals surface area (Å²) in [6.45, 7) is 8.41. The Hall–Kier alpha value is -3.41. The molecule has 3 N–H and O–H groups in total. The van der Waals surface area contributed by atoms with Crippen LogP contribution in [0.4, 0.5) is 11.4 Å². The molecular weight excluding hydrogens is 398 g/mol. The van der Waals surface area contributed by atoms with E-state index in [1.165, 1.54) is 11.1 Å². The third-order valence-corrected chi connectivity index (χ3v) is 5.74. The molecule has 166 valence electrons. The van der Waals surface area contributed by atoms with Gasteiger partial charge in [0.2, 0.25) is 5.91 Å². The van der Waals surface area contributed by atoms with Crippen molar-refractivity contribution in [2.75, 3.05) is 18.4 Å². The van der Waals surface area contributed by atoms with E-state index in [1.54, 1.807) is 0 Å². The molecule has 0 saturated heterocycles. The predicted molar refractivity (Wildman–Crippen MR) is 133 cm³/mol. The monoisotopic (exact) mass is 429 g/mol. The van der Waals surface area contributed by atoms with Gasteiger partial charge in [-0.2, -0.15) is 0 Å². The Morgan fingerprint density at radius 3 is 2.66 bits per heavy atom. The maximum Gasteiger partial charge on any atom is 0.250 e. The fourth-order valence-corrected chi connectivity index (χ4v) is 4.20. The molecule has 0 aromatic heterocycles. The molecule has 0 spiro atoms. The minimum Gasteiger partial charge on any atom is -0.387 e. The topological polar surface area (TPSA) is 83.1 Å². The molecule has 2 aromatic carbocycles. The van der Waals surface area contributed by atoms with E-state index in [2.05, 4.69) is 49.3 Å². The molecular formula is C26H31N5O. The molecule has 0 fully saturated rings. The van der Waals surface area contributed by atoms with Crippen LogP contribution in [-0.2, 0) is 11.3 Å². The highest BCUT2D eigenvalue weighted by atomic mass is 16.2. The number of nitrogens with zero attached hydrogens (tertiary/aromatic N) is 3. The lowest BCUT2D eigenvalue weighted by Crippen LogP contribution is -2.34. The Balaban J connectivity index is 1.63. The van der Waals surface area contributed by atoms with E-state index in [0.717, 1.165) is 54.3 Å². The first kappa shape index (κ1) is 21.8. The summed E-state index contributed by atoms with van der Waals surface area (Å²) >= 11 is 0. The summed E-state index contributed by atoms with van der Waals surface area (Å²) in [6.07, 6.45) is 4.16. The summed E-state index contributed by atoms with van der Waals surface area (Å²) < 4.78 is 0. The van der Waals surface area contributed by atoms with E-state index in [9.17, 15) is 4.79 Å². The normalized spacial score (nSPS) is 14.8. The molecule has 2 aliphatic rings. The van der Waals surface area contributed by atoms with Gasteiger partial charge in [-0.1, -0.05) is 43.7 Å². The zero-order valence-electron chi connectivity index (χ0n) is 19.1. The molecule has 2 aliphatic heterocycles. The van der Waals surface area contributed by atoms with Gasteiger partial charge >= 0.3 is 0 Å². The van der Waals surface area contributed by atoms with Crippen LogP contribution in [0, 0.1) is 6.92 Å². The number of hydrogen-bond acceptors (Lipinski definition) is 5. The summed E-state index contributed by atoms with van der Waals surface area (Å²) in [6, 6.07) is 12.4. The lowest BCUT2D eigenvalue weighted by Gasteiger charge is -2.22. The number of benzene rings is 2. The minimum atomic E-state index is 0.0500. The van der Waals surface area contributed by atoms with Gasteiger partial charge in [-0.15, -0.1) is 0 Å². The number of aliphatic imine (C=N–C) groups is 2. The number of rotatable bonds is 6. The molecule has 0 unspecified atom stereocenters. The van der Waals surface area contributed by atoms with Crippen LogP contribution < -0.4 is 11.1 Å². The Morgan fingerprint density at radius 2 is 1.91 bits per heavy atom. The third-order valence-electron chi connectivity index (χ3n) is 5.74. The van der Waals surface area contributed by atoms with Crippen LogP contribution in [0.25, 0.3) is 6.08 Å². The summed E-state index contributed by atoms with van der Waals surface area (Å²) in [5.41, 5.74) is 13.0. The molecule has 0 bridgehead atoms. The van der Waals surface area contributed by atoms with Crippen molar-refractivity contribution in [1.82, 2.24) is 4.90 Å². The number of fused-ring (bicyclic) bond motifs is 2. The van der Waals surface area contributed by atoms with Gasteiger partial charge in [-0.05, 0) is 43.5 Å². The molecule has 0 atom stereocenters. The molecule has 32 heavy (non-hydrogen) atoms. The van der Waals surface area contributed by atoms with Gasteiger partial charge in [-0.3, -0.25) is 9.79 Å². The number of anilines is 1. The molecule has 6 nitrogen and oxygen atoms in total.